The summed E-state index contributed by atoms with van der Waals surface area (Å²) in [5.41, 5.74) is 1.52. The number of likely N-dealkylation sites (tertiary alicyclic amines) is 1. The smallest absolute Gasteiger partial charge is 0.410 e. The van der Waals surface area contributed by atoms with Gasteiger partial charge in [-0.2, -0.15) is 0 Å². The van der Waals surface area contributed by atoms with Crippen LogP contribution in [0.15, 0.2) is 36.5 Å². The van der Waals surface area contributed by atoms with Crippen LogP contribution in [-0.2, 0) is 4.74 Å². The van der Waals surface area contributed by atoms with Gasteiger partial charge in [-0.05, 0) is 39.3 Å². The number of para-hydroxylation sites is 1. The van der Waals surface area contributed by atoms with Crippen molar-refractivity contribution in [2.45, 2.75) is 38.8 Å². The Hall–Kier alpha value is -2.30. The van der Waals surface area contributed by atoms with Gasteiger partial charge in [0.15, 0.2) is 0 Å². The van der Waals surface area contributed by atoms with Crippen LogP contribution < -0.4 is 5.32 Å². The van der Waals surface area contributed by atoms with Crippen LogP contribution in [0, 0.1) is 0 Å². The highest BCUT2D eigenvalue weighted by atomic mass is 16.6. The zero-order valence-electron chi connectivity index (χ0n) is 13.9. The minimum absolute atomic E-state index is 0.218. The number of hydrogen-bond donors (Lipinski definition) is 1. The van der Waals surface area contributed by atoms with Crippen LogP contribution in [0.5, 0.6) is 0 Å². The van der Waals surface area contributed by atoms with E-state index in [1.54, 1.807) is 11.1 Å². The van der Waals surface area contributed by atoms with Gasteiger partial charge in [0.05, 0.1) is 11.2 Å². The highest BCUT2D eigenvalue weighted by Gasteiger charge is 2.29. The molecule has 1 N–H and O–H groups in total. The van der Waals surface area contributed by atoms with Crippen LogP contribution in [0.3, 0.4) is 0 Å². The van der Waals surface area contributed by atoms with E-state index in [-0.39, 0.29) is 12.1 Å². The summed E-state index contributed by atoms with van der Waals surface area (Å²) >= 11 is 0. The second kappa shape index (κ2) is 6.07. The molecule has 1 amide bonds. The van der Waals surface area contributed by atoms with Gasteiger partial charge in [0.2, 0.25) is 0 Å². The Morgan fingerprint density at radius 2 is 2.09 bits per heavy atom. The molecule has 5 nitrogen and oxygen atoms in total. The summed E-state index contributed by atoms with van der Waals surface area (Å²) < 4.78 is 5.44. The van der Waals surface area contributed by atoms with Gasteiger partial charge in [-0.3, -0.25) is 4.98 Å². The summed E-state index contributed by atoms with van der Waals surface area (Å²) in [7, 11) is 0. The Bertz CT molecular complexity index is 703. The van der Waals surface area contributed by atoms with Gasteiger partial charge < -0.3 is 15.0 Å². The van der Waals surface area contributed by atoms with Crippen LogP contribution in [0.25, 0.3) is 10.9 Å². The fraction of sp³-hybridized carbons (Fsp3) is 0.444. The van der Waals surface area contributed by atoms with E-state index < -0.39 is 5.60 Å². The van der Waals surface area contributed by atoms with Gasteiger partial charge in [-0.1, -0.05) is 18.2 Å². The highest BCUT2D eigenvalue weighted by Crippen LogP contribution is 2.24. The molecular formula is C18H23N3O2. The van der Waals surface area contributed by atoms with E-state index in [1.807, 2.05) is 39.0 Å². The lowest BCUT2D eigenvalue weighted by atomic mass is 10.1. The molecule has 1 saturated heterocycles. The maximum Gasteiger partial charge on any atom is 0.410 e. The van der Waals surface area contributed by atoms with Gasteiger partial charge in [-0.25, -0.2) is 4.79 Å². The maximum absolute atomic E-state index is 12.1. The fourth-order valence-corrected chi connectivity index (χ4v) is 2.81. The Balaban J connectivity index is 1.67. The van der Waals surface area contributed by atoms with Crippen molar-refractivity contribution >= 4 is 22.7 Å². The summed E-state index contributed by atoms with van der Waals surface area (Å²) in [5, 5.41) is 4.63. The second-order valence-corrected chi connectivity index (χ2v) is 6.94. The number of ether oxygens (including phenoxy) is 1. The molecule has 1 aromatic heterocycles. The molecule has 2 aromatic rings. The van der Waals surface area contributed by atoms with Crippen molar-refractivity contribution in [1.29, 1.82) is 0 Å². The predicted octanol–water partition coefficient (Wildman–Crippen LogP) is 3.66. The van der Waals surface area contributed by atoms with Crippen molar-refractivity contribution in [1.82, 2.24) is 9.88 Å². The summed E-state index contributed by atoms with van der Waals surface area (Å²) in [6, 6.07) is 10.3. The van der Waals surface area contributed by atoms with E-state index >= 15 is 0 Å². The Morgan fingerprint density at radius 1 is 1.30 bits per heavy atom. The third kappa shape index (κ3) is 3.73. The van der Waals surface area contributed by atoms with Crippen molar-refractivity contribution in [2.75, 3.05) is 18.4 Å². The molecule has 3 rings (SSSR count). The lowest BCUT2D eigenvalue weighted by Gasteiger charge is -2.24. The molecule has 1 atom stereocenters. The number of amides is 1. The minimum Gasteiger partial charge on any atom is -0.444 e. The average molecular weight is 313 g/mol. The van der Waals surface area contributed by atoms with E-state index in [4.69, 9.17) is 4.74 Å². The number of fused-ring (bicyclic) bond motifs is 1. The summed E-state index contributed by atoms with van der Waals surface area (Å²) in [4.78, 5) is 18.4. The van der Waals surface area contributed by atoms with Crippen LogP contribution in [0.2, 0.25) is 0 Å². The highest BCUT2D eigenvalue weighted by molar-refractivity contribution is 5.90. The summed E-state index contributed by atoms with van der Waals surface area (Å²) in [5.74, 6) is 0. The average Bonchev–Trinajstić information content (AvgIpc) is 2.95. The van der Waals surface area contributed by atoms with Crippen molar-refractivity contribution < 1.29 is 9.53 Å². The third-order valence-corrected chi connectivity index (χ3v) is 3.83. The fourth-order valence-electron chi connectivity index (χ4n) is 2.81. The van der Waals surface area contributed by atoms with E-state index in [2.05, 4.69) is 22.4 Å². The quantitative estimate of drug-likeness (QED) is 0.919. The second-order valence-electron chi connectivity index (χ2n) is 6.94. The molecule has 0 radical (unpaired) electrons. The lowest BCUT2D eigenvalue weighted by molar-refractivity contribution is 0.0293. The molecule has 1 aromatic carbocycles. The predicted molar refractivity (Wildman–Crippen MR) is 91.6 cm³/mol. The standard InChI is InChI=1S/C18H23N3O2/c1-18(2,3)23-17(22)21-11-9-14(12-21)20-15-8-4-6-13-7-5-10-19-16(13)15/h4-8,10,14,20H,9,11-12H2,1-3H3/t14-/m1/s1. The largest absolute Gasteiger partial charge is 0.444 e. The number of nitrogens with one attached hydrogen (secondary N) is 1. The minimum atomic E-state index is -0.456. The molecule has 0 spiro atoms. The third-order valence-electron chi connectivity index (χ3n) is 3.83. The Kier molecular flexibility index (Phi) is 4.11. The molecule has 23 heavy (non-hydrogen) atoms. The number of carbonyl (C=O) groups excluding carboxylic acids is 1. The van der Waals surface area contributed by atoms with Crippen LogP contribution in [0.4, 0.5) is 10.5 Å². The van der Waals surface area contributed by atoms with E-state index in [0.717, 1.165) is 23.0 Å². The van der Waals surface area contributed by atoms with E-state index in [0.29, 0.717) is 13.1 Å². The summed E-state index contributed by atoms with van der Waals surface area (Å²) in [6.07, 6.45) is 2.47. The molecule has 2 heterocycles. The molecule has 1 aliphatic heterocycles. The number of aromatic nitrogens is 1. The Morgan fingerprint density at radius 3 is 2.87 bits per heavy atom. The number of nitrogens with zero attached hydrogens (tertiary/aromatic N) is 2. The zero-order valence-corrected chi connectivity index (χ0v) is 13.9. The molecule has 0 unspecified atom stereocenters. The van der Waals surface area contributed by atoms with Gasteiger partial charge in [0, 0.05) is 30.7 Å². The van der Waals surface area contributed by atoms with Crippen molar-refractivity contribution in [3.8, 4) is 0 Å². The SMILES string of the molecule is CC(C)(C)OC(=O)N1CC[C@@H](Nc2cccc3cccnc23)C1. The van der Waals surface area contributed by atoms with Crippen LogP contribution in [-0.4, -0.2) is 40.7 Å². The zero-order chi connectivity index (χ0) is 16.4. The van der Waals surface area contributed by atoms with E-state index in [9.17, 15) is 4.79 Å². The monoisotopic (exact) mass is 313 g/mol. The topological polar surface area (TPSA) is 54.5 Å². The molecular weight excluding hydrogens is 290 g/mol. The van der Waals surface area contributed by atoms with Crippen LogP contribution >= 0.6 is 0 Å². The molecule has 0 saturated carbocycles. The van der Waals surface area contributed by atoms with E-state index in [1.165, 1.54) is 0 Å². The van der Waals surface area contributed by atoms with Crippen LogP contribution in [0.1, 0.15) is 27.2 Å². The number of pyridine rings is 1. The maximum atomic E-state index is 12.1. The van der Waals surface area contributed by atoms with Gasteiger partial charge >= 0.3 is 6.09 Å². The molecule has 0 aliphatic carbocycles. The Labute approximate surface area is 136 Å². The number of rotatable bonds is 2. The lowest BCUT2D eigenvalue weighted by Crippen LogP contribution is -2.36. The van der Waals surface area contributed by atoms with Crippen molar-refractivity contribution in [3.63, 3.8) is 0 Å². The number of anilines is 1. The molecule has 122 valence electrons. The molecule has 1 fully saturated rings. The molecule has 0 bridgehead atoms. The number of hydrogen-bond acceptors (Lipinski definition) is 4. The normalized spacial score (nSPS) is 18.2. The first kappa shape index (κ1) is 15.6. The first-order valence-electron chi connectivity index (χ1n) is 8.00. The molecule has 5 heteroatoms. The number of benzene rings is 1. The first-order valence-corrected chi connectivity index (χ1v) is 8.00. The summed E-state index contributed by atoms with van der Waals surface area (Å²) in [6.45, 7) is 7.03. The number of carbonyl (C=O) groups is 1. The molecule has 1 aliphatic rings. The van der Waals surface area contributed by atoms with Gasteiger partial charge in [-0.15, -0.1) is 0 Å². The van der Waals surface area contributed by atoms with Gasteiger partial charge in [0.25, 0.3) is 0 Å². The van der Waals surface area contributed by atoms with Crippen molar-refractivity contribution in [2.24, 2.45) is 0 Å². The van der Waals surface area contributed by atoms with Gasteiger partial charge in [0.1, 0.15) is 5.60 Å². The van der Waals surface area contributed by atoms with Crippen molar-refractivity contribution in [3.05, 3.63) is 36.5 Å². The first-order chi connectivity index (χ1) is 10.9.